The van der Waals surface area contributed by atoms with Gasteiger partial charge in [0.15, 0.2) is 0 Å². The van der Waals surface area contributed by atoms with Crippen LogP contribution in [0.2, 0.25) is 0 Å². The zero-order chi connectivity index (χ0) is 11.8. The van der Waals surface area contributed by atoms with Crippen molar-refractivity contribution in [2.75, 3.05) is 5.32 Å². The maximum absolute atomic E-state index is 11.9. The van der Waals surface area contributed by atoms with Crippen LogP contribution in [0.4, 0.5) is 5.69 Å². The fourth-order valence-corrected chi connectivity index (χ4v) is 2.78. The molecule has 1 amide bonds. The van der Waals surface area contributed by atoms with Gasteiger partial charge in [-0.2, -0.15) is 0 Å². The van der Waals surface area contributed by atoms with Crippen molar-refractivity contribution in [1.29, 1.82) is 0 Å². The van der Waals surface area contributed by atoms with Gasteiger partial charge in [0.05, 0.1) is 5.57 Å². The van der Waals surface area contributed by atoms with Gasteiger partial charge in [-0.1, -0.05) is 18.2 Å². The third kappa shape index (κ3) is 1.78. The SMILES string of the molecule is Cc1ccc(/C=C2/C(=O)Nc3ccccc32)s1. The lowest BCUT2D eigenvalue weighted by molar-refractivity contribution is -0.110. The first-order valence-corrected chi connectivity index (χ1v) is 6.24. The first kappa shape index (κ1) is 10.3. The second-order valence-electron chi connectivity index (χ2n) is 4.01. The molecule has 0 atom stereocenters. The van der Waals surface area contributed by atoms with Crippen LogP contribution in [0.5, 0.6) is 0 Å². The van der Waals surface area contributed by atoms with Gasteiger partial charge in [-0.15, -0.1) is 11.3 Å². The molecule has 17 heavy (non-hydrogen) atoms. The van der Waals surface area contributed by atoms with Gasteiger partial charge in [-0.05, 0) is 31.2 Å². The van der Waals surface area contributed by atoms with Gasteiger partial charge in [0.1, 0.15) is 0 Å². The predicted molar refractivity (Wildman–Crippen MR) is 72.0 cm³/mol. The second-order valence-corrected chi connectivity index (χ2v) is 5.33. The summed E-state index contributed by atoms with van der Waals surface area (Å²) in [6.07, 6.45) is 1.96. The highest BCUT2D eigenvalue weighted by molar-refractivity contribution is 7.12. The molecule has 1 aliphatic heterocycles. The fraction of sp³-hybridized carbons (Fsp3) is 0.0714. The van der Waals surface area contributed by atoms with Gasteiger partial charge < -0.3 is 5.32 Å². The molecule has 0 bridgehead atoms. The van der Waals surface area contributed by atoms with Crippen LogP contribution in [0, 0.1) is 6.92 Å². The highest BCUT2D eigenvalue weighted by atomic mass is 32.1. The van der Waals surface area contributed by atoms with Crippen LogP contribution in [-0.2, 0) is 4.79 Å². The third-order valence-electron chi connectivity index (χ3n) is 2.76. The minimum atomic E-state index is -0.0164. The molecule has 2 nitrogen and oxygen atoms in total. The Morgan fingerprint density at radius 3 is 2.76 bits per heavy atom. The Kier molecular flexibility index (Phi) is 2.34. The molecular weight excluding hydrogens is 230 g/mol. The van der Waals surface area contributed by atoms with E-state index in [-0.39, 0.29) is 5.91 Å². The first-order chi connectivity index (χ1) is 8.24. The molecule has 84 valence electrons. The summed E-state index contributed by atoms with van der Waals surface area (Å²) >= 11 is 1.69. The van der Waals surface area contributed by atoms with E-state index in [9.17, 15) is 4.79 Å². The van der Waals surface area contributed by atoms with Crippen molar-refractivity contribution in [3.63, 3.8) is 0 Å². The van der Waals surface area contributed by atoms with Crippen LogP contribution in [0.1, 0.15) is 15.3 Å². The zero-order valence-electron chi connectivity index (χ0n) is 9.36. The molecule has 1 aliphatic rings. The van der Waals surface area contributed by atoms with Crippen molar-refractivity contribution in [1.82, 2.24) is 0 Å². The highest BCUT2D eigenvalue weighted by Gasteiger charge is 2.23. The van der Waals surface area contributed by atoms with Crippen LogP contribution in [0.15, 0.2) is 36.4 Å². The second kappa shape index (κ2) is 3.86. The normalized spacial score (nSPS) is 16.1. The summed E-state index contributed by atoms with van der Waals surface area (Å²) in [5, 5.41) is 2.87. The number of carbonyl (C=O) groups excluding carboxylic acids is 1. The van der Waals surface area contributed by atoms with Gasteiger partial charge in [0.2, 0.25) is 0 Å². The number of carbonyl (C=O) groups is 1. The Bertz CT molecular complexity index is 625. The van der Waals surface area contributed by atoms with Gasteiger partial charge in [0.25, 0.3) is 5.91 Å². The van der Waals surface area contributed by atoms with Gasteiger partial charge in [0, 0.05) is 21.0 Å². The summed E-state index contributed by atoms with van der Waals surface area (Å²) in [6.45, 7) is 2.06. The largest absolute Gasteiger partial charge is 0.321 e. The molecule has 3 rings (SSSR count). The highest BCUT2D eigenvalue weighted by Crippen LogP contribution is 2.33. The number of para-hydroxylation sites is 1. The van der Waals surface area contributed by atoms with Crippen LogP contribution in [0.25, 0.3) is 11.6 Å². The Labute approximate surface area is 104 Å². The van der Waals surface area contributed by atoms with E-state index in [2.05, 4.69) is 18.3 Å². The van der Waals surface area contributed by atoms with Gasteiger partial charge >= 0.3 is 0 Å². The summed E-state index contributed by atoms with van der Waals surface area (Å²) in [5.74, 6) is -0.0164. The van der Waals surface area contributed by atoms with E-state index in [0.717, 1.165) is 21.7 Å². The maximum atomic E-state index is 11.9. The molecule has 0 unspecified atom stereocenters. The summed E-state index contributed by atoms with van der Waals surface area (Å²) in [6, 6.07) is 11.9. The van der Waals surface area contributed by atoms with E-state index in [1.165, 1.54) is 4.88 Å². The number of aryl methyl sites for hydroxylation is 1. The van der Waals surface area contributed by atoms with Gasteiger partial charge in [-0.25, -0.2) is 0 Å². The molecule has 3 heteroatoms. The van der Waals surface area contributed by atoms with Crippen molar-refractivity contribution < 1.29 is 4.79 Å². The number of hydrogen-bond acceptors (Lipinski definition) is 2. The maximum Gasteiger partial charge on any atom is 0.256 e. The number of thiophene rings is 1. The molecule has 0 radical (unpaired) electrons. The summed E-state index contributed by atoms with van der Waals surface area (Å²) in [7, 11) is 0. The first-order valence-electron chi connectivity index (χ1n) is 5.43. The quantitative estimate of drug-likeness (QED) is 0.760. The Morgan fingerprint density at radius 2 is 2.00 bits per heavy atom. The molecule has 1 N–H and O–H groups in total. The van der Waals surface area contributed by atoms with E-state index in [0.29, 0.717) is 0 Å². The van der Waals surface area contributed by atoms with Crippen LogP contribution in [-0.4, -0.2) is 5.91 Å². The lowest BCUT2D eigenvalue weighted by Gasteiger charge is -1.95. The van der Waals surface area contributed by atoms with Crippen LogP contribution in [0.3, 0.4) is 0 Å². The number of benzene rings is 1. The molecule has 0 spiro atoms. The van der Waals surface area contributed by atoms with Crippen molar-refractivity contribution >= 4 is 34.6 Å². The topological polar surface area (TPSA) is 29.1 Å². The monoisotopic (exact) mass is 241 g/mol. The molecule has 1 aromatic carbocycles. The van der Waals surface area contributed by atoms with Crippen LogP contribution < -0.4 is 5.32 Å². The van der Waals surface area contributed by atoms with Crippen LogP contribution >= 0.6 is 11.3 Å². The van der Waals surface area contributed by atoms with E-state index in [1.807, 2.05) is 36.4 Å². The average Bonchev–Trinajstić information content (AvgIpc) is 2.85. The zero-order valence-corrected chi connectivity index (χ0v) is 10.2. The number of rotatable bonds is 1. The molecule has 0 fully saturated rings. The molecule has 0 saturated carbocycles. The number of nitrogens with one attached hydrogen (secondary N) is 1. The lowest BCUT2D eigenvalue weighted by Crippen LogP contribution is -2.03. The number of amides is 1. The van der Waals surface area contributed by atoms with Crippen molar-refractivity contribution in [2.45, 2.75) is 6.92 Å². The molecule has 0 aliphatic carbocycles. The lowest BCUT2D eigenvalue weighted by atomic mass is 10.1. The third-order valence-corrected chi connectivity index (χ3v) is 3.71. The molecule has 2 heterocycles. The van der Waals surface area contributed by atoms with E-state index < -0.39 is 0 Å². The summed E-state index contributed by atoms with van der Waals surface area (Å²) < 4.78 is 0. The van der Waals surface area contributed by atoms with E-state index in [4.69, 9.17) is 0 Å². The summed E-state index contributed by atoms with van der Waals surface area (Å²) in [4.78, 5) is 14.2. The standard InChI is InChI=1S/C14H11NOS/c1-9-6-7-10(17-9)8-12-11-4-2-3-5-13(11)15-14(12)16/h2-8H,1H3,(H,15,16)/b12-8+. The Balaban J connectivity index is 2.09. The average molecular weight is 241 g/mol. The number of fused-ring (bicyclic) bond motifs is 1. The smallest absolute Gasteiger partial charge is 0.256 e. The number of anilines is 1. The van der Waals surface area contributed by atoms with Crippen molar-refractivity contribution in [3.8, 4) is 0 Å². The molecule has 0 saturated heterocycles. The Morgan fingerprint density at radius 1 is 1.18 bits per heavy atom. The van der Waals surface area contributed by atoms with Crippen molar-refractivity contribution in [2.24, 2.45) is 0 Å². The predicted octanol–water partition coefficient (Wildman–Crippen LogP) is 3.55. The minimum absolute atomic E-state index is 0.0164. The van der Waals surface area contributed by atoms with Gasteiger partial charge in [-0.3, -0.25) is 4.79 Å². The molecule has 2 aromatic rings. The van der Waals surface area contributed by atoms with Crippen molar-refractivity contribution in [3.05, 3.63) is 51.7 Å². The molecule has 1 aromatic heterocycles. The number of hydrogen-bond donors (Lipinski definition) is 1. The molecular formula is C14H11NOS. The van der Waals surface area contributed by atoms with E-state index >= 15 is 0 Å². The summed E-state index contributed by atoms with van der Waals surface area (Å²) in [5.41, 5.74) is 2.64. The minimum Gasteiger partial charge on any atom is -0.321 e. The Hall–Kier alpha value is -1.87. The van der Waals surface area contributed by atoms with E-state index in [1.54, 1.807) is 11.3 Å². The fourth-order valence-electron chi connectivity index (χ4n) is 1.96.